The summed E-state index contributed by atoms with van der Waals surface area (Å²) in [5.74, 6) is 0. The molecular weight excluding hydrogens is 279 g/mol. The highest BCUT2D eigenvalue weighted by atomic mass is 14.8. The van der Waals surface area contributed by atoms with E-state index >= 15 is 0 Å². The number of nitrogens with zero attached hydrogens (tertiary/aromatic N) is 1. The Morgan fingerprint density at radius 3 is 1.91 bits per heavy atom. The van der Waals surface area contributed by atoms with E-state index in [1.54, 1.807) is 18.7 Å². The van der Waals surface area contributed by atoms with Crippen LogP contribution >= 0.6 is 0 Å². The number of allylic oxidation sites excluding steroid dienone is 1. The van der Waals surface area contributed by atoms with Crippen molar-refractivity contribution in [3.8, 4) is 0 Å². The third-order valence-corrected chi connectivity index (χ3v) is 3.68. The Morgan fingerprint density at radius 2 is 1.57 bits per heavy atom. The molecule has 0 atom stereocenters. The molecule has 0 spiro atoms. The summed E-state index contributed by atoms with van der Waals surface area (Å²) in [6.45, 7) is 4.36. The highest BCUT2D eigenvalue weighted by Gasteiger charge is 2.08. The summed E-state index contributed by atoms with van der Waals surface area (Å²) in [5, 5.41) is 0. The van der Waals surface area contributed by atoms with Crippen molar-refractivity contribution in [2.24, 2.45) is 0 Å². The fourth-order valence-electron chi connectivity index (χ4n) is 2.53. The zero-order valence-electron chi connectivity index (χ0n) is 14.1. The Labute approximate surface area is 139 Å². The van der Waals surface area contributed by atoms with Gasteiger partial charge >= 0.3 is 0 Å². The average Bonchev–Trinajstić information content (AvgIpc) is 3.14. The van der Waals surface area contributed by atoms with Crippen LogP contribution in [0.2, 0.25) is 6.32 Å². The number of H-pyrrole nitrogens is 1. The number of rotatable bonds is 3. The van der Waals surface area contributed by atoms with Gasteiger partial charge in [0.15, 0.2) is 0 Å². The van der Waals surface area contributed by atoms with Crippen molar-refractivity contribution in [3.63, 3.8) is 0 Å². The van der Waals surface area contributed by atoms with Gasteiger partial charge in [-0.05, 0) is 41.7 Å². The second-order valence-corrected chi connectivity index (χ2v) is 5.42. The number of nitrogens with one attached hydrogen (secondary N) is 1. The van der Waals surface area contributed by atoms with Gasteiger partial charge in [-0.3, -0.25) is 0 Å². The van der Waals surface area contributed by atoms with E-state index < -0.39 is 0 Å². The molecule has 0 unspecified atom stereocenters. The predicted molar refractivity (Wildman–Crippen MR) is 101 cm³/mol. The molecule has 0 saturated carbocycles. The summed E-state index contributed by atoms with van der Waals surface area (Å²) in [7, 11) is 2.19. The van der Waals surface area contributed by atoms with Crippen LogP contribution in [0.4, 0.5) is 0 Å². The van der Waals surface area contributed by atoms with Crippen molar-refractivity contribution in [2.75, 3.05) is 0 Å². The molecule has 0 bridgehead atoms. The van der Waals surface area contributed by atoms with Crippen molar-refractivity contribution >= 4 is 13.4 Å². The molecule has 23 heavy (non-hydrogen) atoms. The van der Waals surface area contributed by atoms with E-state index in [2.05, 4.69) is 86.3 Å². The molecule has 3 aromatic rings. The van der Waals surface area contributed by atoms with Gasteiger partial charge in [-0.2, -0.15) is 0 Å². The first kappa shape index (κ1) is 16.8. The number of hydrogen-bond donors (Lipinski definition) is 1. The summed E-state index contributed by atoms with van der Waals surface area (Å²) in [6, 6.07) is 17.2. The number of aryl methyl sites for hydroxylation is 2. The summed E-state index contributed by atoms with van der Waals surface area (Å²) >= 11 is 0. The van der Waals surface area contributed by atoms with E-state index in [-0.39, 0.29) is 0 Å². The molecular formula is C20H23BN2. The molecule has 1 heterocycles. The fraction of sp³-hybridized carbons (Fsp3) is 0.150. The standard InChI is InChI=1S/C17H19B.C3H4N2/c1-13-7-3-5-9-15(13)17(11-12-18)16-10-6-4-8-14(16)2;1-2-5-3-4-1/h3-11H,12,18H2,1-2H3;1-3H,(H,4,5). The Kier molecular flexibility index (Phi) is 6.43. The van der Waals surface area contributed by atoms with Gasteiger partial charge in [0.2, 0.25) is 0 Å². The van der Waals surface area contributed by atoms with Gasteiger partial charge < -0.3 is 4.98 Å². The zero-order valence-corrected chi connectivity index (χ0v) is 14.1. The molecule has 116 valence electrons. The molecule has 2 nitrogen and oxygen atoms in total. The van der Waals surface area contributed by atoms with Gasteiger partial charge in [-0.15, -0.1) is 0 Å². The maximum Gasteiger partial charge on any atom is 0.106 e. The van der Waals surface area contributed by atoms with Gasteiger partial charge in [0, 0.05) is 12.4 Å². The van der Waals surface area contributed by atoms with Gasteiger partial charge in [-0.1, -0.05) is 60.9 Å². The maximum atomic E-state index is 3.67. The van der Waals surface area contributed by atoms with Crippen LogP contribution in [0.15, 0.2) is 73.3 Å². The molecule has 0 amide bonds. The first-order valence-electron chi connectivity index (χ1n) is 7.99. The Balaban J connectivity index is 0.000000326. The van der Waals surface area contributed by atoms with Crippen molar-refractivity contribution in [2.45, 2.75) is 20.2 Å². The monoisotopic (exact) mass is 302 g/mol. The van der Waals surface area contributed by atoms with Crippen LogP contribution in [0.5, 0.6) is 0 Å². The fourth-order valence-corrected chi connectivity index (χ4v) is 2.53. The predicted octanol–water partition coefficient (Wildman–Crippen LogP) is 4.20. The quantitative estimate of drug-likeness (QED) is 0.722. The molecule has 0 aliphatic carbocycles. The Bertz CT molecular complexity index is 681. The molecule has 0 saturated heterocycles. The van der Waals surface area contributed by atoms with Crippen LogP contribution < -0.4 is 0 Å². The summed E-state index contributed by atoms with van der Waals surface area (Å²) in [5.41, 5.74) is 6.71. The topological polar surface area (TPSA) is 28.7 Å². The zero-order chi connectivity index (χ0) is 16.5. The lowest BCUT2D eigenvalue weighted by molar-refractivity contribution is 1.31. The molecule has 2 aromatic carbocycles. The van der Waals surface area contributed by atoms with Gasteiger partial charge in [0.1, 0.15) is 7.85 Å². The van der Waals surface area contributed by atoms with Crippen molar-refractivity contribution in [1.82, 2.24) is 9.97 Å². The molecule has 3 heteroatoms. The van der Waals surface area contributed by atoms with Gasteiger partial charge in [0.05, 0.1) is 6.33 Å². The van der Waals surface area contributed by atoms with E-state index in [1.807, 2.05) is 0 Å². The normalized spacial score (nSPS) is 9.65. The lowest BCUT2D eigenvalue weighted by atomic mass is 9.89. The van der Waals surface area contributed by atoms with E-state index in [1.165, 1.54) is 27.8 Å². The average molecular weight is 302 g/mol. The third-order valence-electron chi connectivity index (χ3n) is 3.68. The van der Waals surface area contributed by atoms with Crippen molar-refractivity contribution in [1.29, 1.82) is 0 Å². The van der Waals surface area contributed by atoms with Crippen LogP contribution in [-0.4, -0.2) is 17.8 Å². The van der Waals surface area contributed by atoms with E-state index in [0.717, 1.165) is 6.32 Å². The van der Waals surface area contributed by atoms with Crippen LogP contribution in [-0.2, 0) is 0 Å². The number of aromatic amines is 1. The van der Waals surface area contributed by atoms with E-state index in [4.69, 9.17) is 0 Å². The molecule has 0 aliphatic heterocycles. The molecule has 0 radical (unpaired) electrons. The Morgan fingerprint density at radius 1 is 1.00 bits per heavy atom. The summed E-state index contributed by atoms with van der Waals surface area (Å²) in [4.78, 5) is 6.42. The van der Waals surface area contributed by atoms with Crippen molar-refractivity contribution in [3.05, 3.63) is 95.6 Å². The van der Waals surface area contributed by atoms with Crippen LogP contribution in [0.1, 0.15) is 22.3 Å². The molecule has 0 fully saturated rings. The number of imidazole rings is 1. The first-order valence-corrected chi connectivity index (χ1v) is 7.99. The van der Waals surface area contributed by atoms with Gasteiger partial charge in [0.25, 0.3) is 0 Å². The van der Waals surface area contributed by atoms with Gasteiger partial charge in [-0.25, -0.2) is 4.98 Å². The largest absolute Gasteiger partial charge is 0.351 e. The number of aromatic nitrogens is 2. The van der Waals surface area contributed by atoms with E-state index in [9.17, 15) is 0 Å². The summed E-state index contributed by atoms with van der Waals surface area (Å²) < 4.78 is 0. The molecule has 0 aliphatic rings. The minimum Gasteiger partial charge on any atom is -0.351 e. The van der Waals surface area contributed by atoms with E-state index in [0.29, 0.717) is 0 Å². The highest BCUT2D eigenvalue weighted by molar-refractivity contribution is 6.10. The highest BCUT2D eigenvalue weighted by Crippen LogP contribution is 2.28. The third kappa shape index (κ3) is 4.72. The Hall–Kier alpha value is -2.55. The second-order valence-electron chi connectivity index (χ2n) is 5.42. The van der Waals surface area contributed by atoms with Crippen molar-refractivity contribution < 1.29 is 0 Å². The second kappa shape index (κ2) is 8.79. The minimum absolute atomic E-state index is 1.05. The molecule has 1 N–H and O–H groups in total. The molecule has 3 rings (SSSR count). The lowest BCUT2D eigenvalue weighted by Gasteiger charge is -2.13. The van der Waals surface area contributed by atoms with Crippen LogP contribution in [0.25, 0.3) is 5.57 Å². The van der Waals surface area contributed by atoms with Crippen LogP contribution in [0.3, 0.4) is 0 Å². The lowest BCUT2D eigenvalue weighted by Crippen LogP contribution is -1.94. The minimum atomic E-state index is 1.05. The summed E-state index contributed by atoms with van der Waals surface area (Å²) in [6.07, 6.45) is 8.46. The molecule has 1 aromatic heterocycles. The number of benzene rings is 2. The number of hydrogen-bond acceptors (Lipinski definition) is 1. The van der Waals surface area contributed by atoms with Crippen LogP contribution in [0, 0.1) is 13.8 Å². The first-order chi connectivity index (χ1) is 11.2. The smallest absolute Gasteiger partial charge is 0.106 e. The SMILES string of the molecule is BCC=C(c1ccccc1C)c1ccccc1C.c1c[nH]cn1. The maximum absolute atomic E-state index is 3.67.